The van der Waals surface area contributed by atoms with Crippen molar-refractivity contribution >= 4 is 3.78 Å². The Balaban J connectivity index is 3.03. The number of hydrogen-bond donors (Lipinski definition) is 0. The zero-order valence-electron chi connectivity index (χ0n) is 3.99. The first-order chi connectivity index (χ1) is 3.79. The summed E-state index contributed by atoms with van der Waals surface area (Å²) in [6, 6.07) is 6.13. The van der Waals surface area contributed by atoms with Crippen molar-refractivity contribution in [2.75, 3.05) is 0 Å². The van der Waals surface area contributed by atoms with Crippen LogP contribution in [-0.4, -0.2) is 0 Å². The van der Waals surface area contributed by atoms with E-state index < -0.39 is 0 Å². The van der Waals surface area contributed by atoms with Crippen LogP contribution in [0.15, 0.2) is 24.3 Å². The van der Waals surface area contributed by atoms with Crippen molar-refractivity contribution < 1.29 is 25.5 Å². The van der Waals surface area contributed by atoms with Crippen LogP contribution in [0.25, 0.3) is 0 Å². The van der Waals surface area contributed by atoms with Crippen LogP contribution in [0, 0.1) is 5.82 Å². The number of rotatable bonds is 0. The normalized spacial score (nSPS) is 9.38. The second kappa shape index (κ2) is 2.44. The van der Waals surface area contributed by atoms with Gasteiger partial charge in [0.2, 0.25) is 0 Å². The molecule has 0 aliphatic rings. The Labute approximate surface area is 59.6 Å². The molecular formula is C6H4AgF. The molecule has 0 aliphatic heterocycles. The fourth-order valence-corrected chi connectivity index (χ4v) is 0.664. The van der Waals surface area contributed by atoms with E-state index in [2.05, 4.69) is 21.1 Å². The topological polar surface area (TPSA) is 0 Å². The van der Waals surface area contributed by atoms with Crippen LogP contribution in [0.1, 0.15) is 0 Å². The monoisotopic (exact) mass is 202 g/mol. The molecule has 0 amide bonds. The van der Waals surface area contributed by atoms with Gasteiger partial charge in [0.15, 0.2) is 0 Å². The zero-order chi connectivity index (χ0) is 5.98. The van der Waals surface area contributed by atoms with Crippen LogP contribution in [0.4, 0.5) is 4.39 Å². The van der Waals surface area contributed by atoms with Crippen LogP contribution >= 0.6 is 0 Å². The molecule has 0 atom stereocenters. The summed E-state index contributed by atoms with van der Waals surface area (Å²) in [4.78, 5) is 0. The molecule has 0 spiro atoms. The molecule has 0 N–H and O–H groups in total. The van der Waals surface area contributed by atoms with E-state index in [1.807, 2.05) is 0 Å². The van der Waals surface area contributed by atoms with Gasteiger partial charge in [0, 0.05) is 0 Å². The van der Waals surface area contributed by atoms with Crippen molar-refractivity contribution in [3.8, 4) is 0 Å². The maximum atomic E-state index is 12.1. The van der Waals surface area contributed by atoms with E-state index in [9.17, 15) is 4.39 Å². The van der Waals surface area contributed by atoms with E-state index in [1.165, 1.54) is 12.1 Å². The van der Waals surface area contributed by atoms with Crippen molar-refractivity contribution in [1.29, 1.82) is 0 Å². The van der Waals surface area contributed by atoms with Gasteiger partial charge >= 0.3 is 59.3 Å². The van der Waals surface area contributed by atoms with E-state index in [4.69, 9.17) is 0 Å². The third-order valence-electron chi connectivity index (χ3n) is 0.778. The minimum atomic E-state index is -0.201. The standard InChI is InChI=1S/C6H4F.Ag/c7-6-4-2-1-3-5-6;/h2-5H;. The van der Waals surface area contributed by atoms with Gasteiger partial charge in [-0.05, 0) is 0 Å². The molecule has 0 saturated carbocycles. The van der Waals surface area contributed by atoms with Gasteiger partial charge in [0.05, 0.1) is 0 Å². The van der Waals surface area contributed by atoms with Crippen LogP contribution in [0.2, 0.25) is 0 Å². The van der Waals surface area contributed by atoms with E-state index in [1.54, 1.807) is 12.1 Å². The Morgan fingerprint density at radius 2 is 1.62 bits per heavy atom. The third kappa shape index (κ3) is 1.44. The van der Waals surface area contributed by atoms with Crippen molar-refractivity contribution in [2.24, 2.45) is 0 Å². The average molecular weight is 203 g/mol. The molecule has 0 bridgehead atoms. The van der Waals surface area contributed by atoms with Crippen LogP contribution < -0.4 is 3.78 Å². The first-order valence-electron chi connectivity index (χ1n) is 2.16. The first kappa shape index (κ1) is 6.02. The molecule has 46 valence electrons. The molecule has 0 aliphatic carbocycles. The SMILES string of the molecule is Fc1cc[c]([Ag])cc1. The molecule has 0 nitrogen and oxygen atoms in total. The van der Waals surface area contributed by atoms with E-state index in [-0.39, 0.29) is 5.82 Å². The zero-order valence-corrected chi connectivity index (χ0v) is 5.47. The van der Waals surface area contributed by atoms with Crippen LogP contribution in [-0.2, 0) is 21.1 Å². The molecule has 0 heterocycles. The number of halogens is 1. The quantitative estimate of drug-likeness (QED) is 0.551. The summed E-state index contributed by atoms with van der Waals surface area (Å²) in [5.41, 5.74) is 0. The molecule has 0 radical (unpaired) electrons. The molecule has 1 aromatic rings. The summed E-state index contributed by atoms with van der Waals surface area (Å²) >= 11 is 3.20. The van der Waals surface area contributed by atoms with Crippen molar-refractivity contribution in [2.45, 2.75) is 0 Å². The van der Waals surface area contributed by atoms with Gasteiger partial charge in [0.1, 0.15) is 0 Å². The summed E-state index contributed by atoms with van der Waals surface area (Å²) < 4.78 is 13.0. The maximum absolute atomic E-state index is 12.1. The van der Waals surface area contributed by atoms with Gasteiger partial charge in [-0.15, -0.1) is 0 Å². The summed E-state index contributed by atoms with van der Waals surface area (Å²) in [6.07, 6.45) is 0. The molecule has 0 fully saturated rings. The van der Waals surface area contributed by atoms with E-state index in [0.29, 0.717) is 0 Å². The Morgan fingerprint density at radius 3 is 2.00 bits per heavy atom. The predicted molar refractivity (Wildman–Crippen MR) is 26.0 cm³/mol. The molecule has 0 saturated heterocycles. The van der Waals surface area contributed by atoms with Crippen LogP contribution in [0.5, 0.6) is 0 Å². The van der Waals surface area contributed by atoms with Gasteiger partial charge < -0.3 is 0 Å². The Kier molecular flexibility index (Phi) is 1.84. The van der Waals surface area contributed by atoms with Crippen molar-refractivity contribution in [3.05, 3.63) is 30.1 Å². The molecule has 0 aromatic heterocycles. The van der Waals surface area contributed by atoms with Gasteiger partial charge in [-0.3, -0.25) is 0 Å². The predicted octanol–water partition coefficient (Wildman–Crippen LogP) is 0.998. The molecule has 2 heteroatoms. The molecular weight excluding hydrogens is 199 g/mol. The Bertz CT molecular complexity index is 147. The van der Waals surface area contributed by atoms with Crippen molar-refractivity contribution in [1.82, 2.24) is 0 Å². The Morgan fingerprint density at radius 1 is 1.12 bits per heavy atom. The summed E-state index contributed by atoms with van der Waals surface area (Å²) in [6.45, 7) is 0. The Hall–Kier alpha value is -0.110. The van der Waals surface area contributed by atoms with Gasteiger partial charge in [-0.2, -0.15) is 0 Å². The second-order valence-corrected chi connectivity index (χ2v) is 2.25. The molecule has 8 heavy (non-hydrogen) atoms. The number of hydrogen-bond acceptors (Lipinski definition) is 0. The first-order valence-corrected chi connectivity index (χ1v) is 2.90. The summed E-state index contributed by atoms with van der Waals surface area (Å²) in [5, 5.41) is 0. The summed E-state index contributed by atoms with van der Waals surface area (Å²) in [7, 11) is 0. The molecule has 1 aromatic carbocycles. The minimum absolute atomic E-state index is 0.201. The average Bonchev–Trinajstić information content (AvgIpc) is 1.77. The fourth-order valence-electron chi connectivity index (χ4n) is 0.417. The van der Waals surface area contributed by atoms with Gasteiger partial charge in [-0.1, -0.05) is 0 Å². The number of benzene rings is 1. The molecule has 1 rings (SSSR count). The summed E-state index contributed by atoms with van der Waals surface area (Å²) in [5.74, 6) is -0.201. The van der Waals surface area contributed by atoms with E-state index in [0.717, 1.165) is 3.78 Å². The van der Waals surface area contributed by atoms with Gasteiger partial charge in [0.25, 0.3) is 0 Å². The molecule has 0 unspecified atom stereocenters. The second-order valence-electron chi connectivity index (χ2n) is 1.39. The van der Waals surface area contributed by atoms with Crippen LogP contribution in [0.3, 0.4) is 0 Å². The van der Waals surface area contributed by atoms with Gasteiger partial charge in [-0.25, -0.2) is 0 Å². The van der Waals surface area contributed by atoms with E-state index >= 15 is 0 Å². The third-order valence-corrected chi connectivity index (χ3v) is 1.27. The van der Waals surface area contributed by atoms with Crippen molar-refractivity contribution in [3.63, 3.8) is 0 Å². The fraction of sp³-hybridized carbons (Fsp3) is 0.